The Morgan fingerprint density at radius 3 is 2.28 bits per heavy atom. The molecule has 1 aliphatic carbocycles. The molecule has 2 aliphatic rings. The van der Waals surface area contributed by atoms with Crippen molar-refractivity contribution in [1.29, 1.82) is 0 Å². The zero-order valence-corrected chi connectivity index (χ0v) is 25.5. The Balaban J connectivity index is 1.47. The Morgan fingerprint density at radius 1 is 0.907 bits per heavy atom. The minimum Gasteiger partial charge on any atom is -0.486 e. The van der Waals surface area contributed by atoms with Gasteiger partial charge in [0, 0.05) is 18.7 Å². The van der Waals surface area contributed by atoms with Crippen molar-refractivity contribution in [3.05, 3.63) is 83.9 Å². The van der Waals surface area contributed by atoms with Gasteiger partial charge in [-0.25, -0.2) is 8.42 Å². The Hall–Kier alpha value is -4.05. The molecule has 2 amide bonds. The van der Waals surface area contributed by atoms with E-state index >= 15 is 0 Å². The van der Waals surface area contributed by atoms with Crippen LogP contribution in [0.4, 0.5) is 5.69 Å². The maximum atomic E-state index is 14.2. The first kappa shape index (κ1) is 30.4. The average Bonchev–Trinajstić information content (AvgIpc) is 3.03. The van der Waals surface area contributed by atoms with E-state index in [4.69, 9.17) is 9.47 Å². The van der Waals surface area contributed by atoms with Crippen molar-refractivity contribution in [1.82, 2.24) is 10.2 Å². The third kappa shape index (κ3) is 7.30. The second-order valence-corrected chi connectivity index (χ2v) is 13.0. The number of fused-ring (bicyclic) bond motifs is 1. The molecule has 3 aromatic carbocycles. The topological polar surface area (TPSA) is 105 Å². The molecule has 0 bridgehead atoms. The number of nitrogens with zero attached hydrogens (tertiary/aromatic N) is 2. The van der Waals surface area contributed by atoms with Gasteiger partial charge in [-0.1, -0.05) is 67.3 Å². The van der Waals surface area contributed by atoms with Crippen LogP contribution >= 0.6 is 0 Å². The number of amides is 2. The lowest BCUT2D eigenvalue weighted by Crippen LogP contribution is -2.53. The van der Waals surface area contributed by atoms with Crippen molar-refractivity contribution in [2.45, 2.75) is 69.5 Å². The van der Waals surface area contributed by atoms with Gasteiger partial charge < -0.3 is 19.7 Å². The molecule has 1 saturated carbocycles. The van der Waals surface area contributed by atoms with Gasteiger partial charge in [-0.3, -0.25) is 13.9 Å². The minimum atomic E-state index is -4.17. The van der Waals surface area contributed by atoms with Gasteiger partial charge in [-0.05, 0) is 56.5 Å². The number of ether oxygens (including phenoxy) is 2. The van der Waals surface area contributed by atoms with Gasteiger partial charge in [0.05, 0.1) is 10.6 Å². The Labute approximate surface area is 253 Å². The van der Waals surface area contributed by atoms with Crippen LogP contribution in [-0.2, 0) is 26.2 Å². The third-order valence-electron chi connectivity index (χ3n) is 8.02. The Kier molecular flexibility index (Phi) is 9.55. The lowest BCUT2D eigenvalue weighted by atomic mass is 9.95. The molecular formula is C33H39N3O6S. The predicted octanol–water partition coefficient (Wildman–Crippen LogP) is 4.83. The monoisotopic (exact) mass is 605 g/mol. The summed E-state index contributed by atoms with van der Waals surface area (Å²) in [6, 6.07) is 19.8. The van der Waals surface area contributed by atoms with E-state index in [0.717, 1.165) is 47.5 Å². The van der Waals surface area contributed by atoms with Gasteiger partial charge in [0.15, 0.2) is 11.5 Å². The fourth-order valence-electron chi connectivity index (χ4n) is 5.48. The van der Waals surface area contributed by atoms with Crippen molar-refractivity contribution in [3.8, 4) is 11.5 Å². The smallest absolute Gasteiger partial charge is 0.264 e. The molecule has 0 spiro atoms. The largest absolute Gasteiger partial charge is 0.486 e. The summed E-state index contributed by atoms with van der Waals surface area (Å²) in [4.78, 5) is 29.2. The number of carbonyl (C=O) groups is 2. The van der Waals surface area contributed by atoms with Crippen LogP contribution in [0.25, 0.3) is 0 Å². The molecule has 9 nitrogen and oxygen atoms in total. The molecule has 5 rings (SSSR count). The van der Waals surface area contributed by atoms with Crippen molar-refractivity contribution in [3.63, 3.8) is 0 Å². The van der Waals surface area contributed by atoms with E-state index < -0.39 is 28.5 Å². The summed E-state index contributed by atoms with van der Waals surface area (Å²) < 4.78 is 40.5. The van der Waals surface area contributed by atoms with E-state index in [9.17, 15) is 18.0 Å². The van der Waals surface area contributed by atoms with Crippen LogP contribution in [0.3, 0.4) is 0 Å². The Bertz CT molecular complexity index is 1520. The molecule has 1 aliphatic heterocycles. The Morgan fingerprint density at radius 2 is 1.58 bits per heavy atom. The van der Waals surface area contributed by atoms with E-state index in [0.29, 0.717) is 24.7 Å². The lowest BCUT2D eigenvalue weighted by Gasteiger charge is -2.33. The first-order valence-electron chi connectivity index (χ1n) is 14.9. The van der Waals surface area contributed by atoms with Gasteiger partial charge in [-0.15, -0.1) is 0 Å². The molecule has 10 heteroatoms. The molecule has 43 heavy (non-hydrogen) atoms. The van der Waals surface area contributed by atoms with Gasteiger partial charge in [0.1, 0.15) is 25.8 Å². The van der Waals surface area contributed by atoms with E-state index in [2.05, 4.69) is 5.32 Å². The van der Waals surface area contributed by atoms with E-state index in [-0.39, 0.29) is 29.1 Å². The summed E-state index contributed by atoms with van der Waals surface area (Å²) in [5.74, 6) is 0.166. The van der Waals surface area contributed by atoms with Crippen LogP contribution in [0, 0.1) is 6.92 Å². The lowest BCUT2D eigenvalue weighted by molar-refractivity contribution is -0.139. The van der Waals surface area contributed by atoms with Crippen LogP contribution < -0.4 is 19.1 Å². The molecule has 0 saturated heterocycles. The zero-order chi connectivity index (χ0) is 30.4. The number of aryl methyl sites for hydroxylation is 1. The number of anilines is 1. The summed E-state index contributed by atoms with van der Waals surface area (Å²) in [5, 5.41) is 3.13. The van der Waals surface area contributed by atoms with Crippen LogP contribution in [0.2, 0.25) is 0 Å². The highest BCUT2D eigenvalue weighted by atomic mass is 32.2. The van der Waals surface area contributed by atoms with Crippen molar-refractivity contribution >= 4 is 27.5 Å². The van der Waals surface area contributed by atoms with Crippen molar-refractivity contribution in [2.24, 2.45) is 0 Å². The van der Waals surface area contributed by atoms with Crippen LogP contribution in [0.5, 0.6) is 11.5 Å². The molecule has 0 aromatic heterocycles. The molecule has 1 heterocycles. The highest BCUT2D eigenvalue weighted by Crippen LogP contribution is 2.36. The number of nitrogens with one attached hydrogen (secondary N) is 1. The summed E-state index contributed by atoms with van der Waals surface area (Å²) in [6.45, 7) is 4.05. The molecular weight excluding hydrogens is 566 g/mol. The van der Waals surface area contributed by atoms with Crippen LogP contribution in [-0.4, -0.2) is 57.0 Å². The highest BCUT2D eigenvalue weighted by molar-refractivity contribution is 7.92. The molecule has 3 aromatic rings. The third-order valence-corrected chi connectivity index (χ3v) is 9.80. The minimum absolute atomic E-state index is 0.0471. The van der Waals surface area contributed by atoms with Gasteiger partial charge >= 0.3 is 0 Å². The number of hydrogen-bond acceptors (Lipinski definition) is 6. The van der Waals surface area contributed by atoms with E-state index in [1.807, 2.05) is 31.2 Å². The van der Waals surface area contributed by atoms with Gasteiger partial charge in [-0.2, -0.15) is 0 Å². The number of carbonyl (C=O) groups excluding carboxylic acids is 2. The first-order chi connectivity index (χ1) is 20.7. The molecule has 0 radical (unpaired) electrons. The summed E-state index contributed by atoms with van der Waals surface area (Å²) >= 11 is 0. The predicted molar refractivity (Wildman–Crippen MR) is 165 cm³/mol. The molecule has 1 fully saturated rings. The fourth-order valence-corrected chi connectivity index (χ4v) is 6.90. The second kappa shape index (κ2) is 13.5. The number of hydrogen-bond donors (Lipinski definition) is 1. The maximum Gasteiger partial charge on any atom is 0.264 e. The second-order valence-electron chi connectivity index (χ2n) is 11.2. The molecule has 1 N–H and O–H groups in total. The fraction of sp³-hybridized carbons (Fsp3) is 0.394. The SMILES string of the molecule is Cc1ccc(CN(C(=O)CN(c2ccc3c(c2)OCCO3)S(=O)(=O)c2ccccc2)[C@@H](C)C(=O)NC2CCCCC2)cc1. The van der Waals surface area contributed by atoms with Crippen molar-refractivity contribution < 1.29 is 27.5 Å². The zero-order valence-electron chi connectivity index (χ0n) is 24.7. The molecule has 228 valence electrons. The summed E-state index contributed by atoms with van der Waals surface area (Å²) in [7, 11) is -4.17. The summed E-state index contributed by atoms with van der Waals surface area (Å²) in [5.41, 5.74) is 2.17. The normalized spacial score (nSPS) is 15.8. The highest BCUT2D eigenvalue weighted by Gasteiger charge is 2.33. The van der Waals surface area contributed by atoms with Gasteiger partial charge in [0.25, 0.3) is 10.0 Å². The van der Waals surface area contributed by atoms with Crippen molar-refractivity contribution in [2.75, 3.05) is 24.1 Å². The van der Waals surface area contributed by atoms with E-state index in [1.165, 1.54) is 17.0 Å². The molecule has 0 unspecified atom stereocenters. The maximum absolute atomic E-state index is 14.2. The molecule has 1 atom stereocenters. The average molecular weight is 606 g/mol. The standard InChI is InChI=1S/C33H39N3O6S/c1-24-13-15-26(16-14-24)22-35(25(2)33(38)34-27-9-5-3-6-10-27)32(37)23-36(43(39,40)29-11-7-4-8-12-29)28-17-18-30-31(21-28)42-20-19-41-30/h4,7-8,11-18,21,25,27H,3,5-6,9-10,19-20,22-23H2,1-2H3,(H,34,38)/t25-/m0/s1. The van der Waals surface area contributed by atoms with E-state index in [1.54, 1.807) is 43.3 Å². The number of sulfonamides is 1. The van der Waals surface area contributed by atoms with Crippen LogP contribution in [0.1, 0.15) is 50.2 Å². The van der Waals surface area contributed by atoms with Crippen LogP contribution in [0.15, 0.2) is 77.7 Å². The summed E-state index contributed by atoms with van der Waals surface area (Å²) in [6.07, 6.45) is 5.11. The van der Waals surface area contributed by atoms with Gasteiger partial charge in [0.2, 0.25) is 11.8 Å². The number of rotatable bonds is 10. The number of benzene rings is 3. The first-order valence-corrected chi connectivity index (χ1v) is 16.3. The quantitative estimate of drug-likeness (QED) is 0.355.